The van der Waals surface area contributed by atoms with Gasteiger partial charge in [-0.05, 0) is 6.92 Å². The predicted octanol–water partition coefficient (Wildman–Crippen LogP) is 0.859. The number of aromatic nitrogens is 3. The molecule has 4 heteroatoms. The highest BCUT2D eigenvalue weighted by Crippen LogP contribution is 2.10. The molecule has 46 valence electrons. The average molecular weight is 123 g/mol. The number of imidazole rings is 1. The summed E-state index contributed by atoms with van der Waals surface area (Å²) in [6.07, 6.45) is 1.59. The Balaban J connectivity index is 2.99. The lowest BCUT2D eigenvalue weighted by molar-refractivity contribution is 0.443. The fourth-order valence-electron chi connectivity index (χ4n) is 0.767. The van der Waals surface area contributed by atoms with Crippen LogP contribution in [0.4, 0.5) is 0 Å². The molecule has 2 heterocycles. The molecule has 2 aromatic rings. The molecular weight excluding hydrogens is 118 g/mol. The van der Waals surface area contributed by atoms with Gasteiger partial charge in [0, 0.05) is 0 Å². The Kier molecular flexibility index (Phi) is 0.677. The summed E-state index contributed by atoms with van der Waals surface area (Å²) in [7, 11) is 0. The topological polar surface area (TPSA) is 54.7 Å². The Morgan fingerprint density at radius 2 is 2.56 bits per heavy atom. The first-order chi connectivity index (χ1) is 4.38. The molecule has 0 saturated carbocycles. The highest BCUT2D eigenvalue weighted by molar-refractivity contribution is 5.69. The third kappa shape index (κ3) is 0.468. The molecule has 2 rings (SSSR count). The van der Waals surface area contributed by atoms with Crippen molar-refractivity contribution in [3.8, 4) is 0 Å². The predicted molar refractivity (Wildman–Crippen MR) is 30.9 cm³/mol. The van der Waals surface area contributed by atoms with Crippen LogP contribution in [0.2, 0.25) is 0 Å². The van der Waals surface area contributed by atoms with E-state index in [1.165, 1.54) is 0 Å². The second kappa shape index (κ2) is 1.34. The van der Waals surface area contributed by atoms with Crippen LogP contribution in [0.15, 0.2) is 10.9 Å². The van der Waals surface area contributed by atoms with Crippen LogP contribution in [0.25, 0.3) is 11.2 Å². The number of aromatic amines is 1. The van der Waals surface area contributed by atoms with E-state index in [-0.39, 0.29) is 0 Å². The lowest BCUT2D eigenvalue weighted by atomic mass is 10.4. The number of nitrogens with zero attached hydrogens (tertiary/aromatic N) is 2. The number of fused-ring (bicyclic) bond motifs is 1. The number of rotatable bonds is 0. The molecule has 2 aromatic heterocycles. The maximum atomic E-state index is 4.80. The highest BCUT2D eigenvalue weighted by atomic mass is 16.5. The Bertz CT molecular complexity index is 321. The number of aryl methyl sites for hydroxylation is 1. The van der Waals surface area contributed by atoms with Crippen LogP contribution in [-0.4, -0.2) is 15.1 Å². The van der Waals surface area contributed by atoms with E-state index in [9.17, 15) is 0 Å². The van der Waals surface area contributed by atoms with E-state index >= 15 is 0 Å². The quantitative estimate of drug-likeness (QED) is 0.565. The Morgan fingerprint density at radius 3 is 3.33 bits per heavy atom. The second-order valence-corrected chi connectivity index (χ2v) is 1.85. The molecule has 0 spiro atoms. The van der Waals surface area contributed by atoms with Crippen molar-refractivity contribution < 1.29 is 4.52 Å². The molecule has 0 unspecified atom stereocenters. The van der Waals surface area contributed by atoms with Crippen molar-refractivity contribution in [3.63, 3.8) is 0 Å². The normalized spacial score (nSPS) is 10.8. The maximum absolute atomic E-state index is 4.80. The average Bonchev–Trinajstić information content (AvgIpc) is 2.35. The van der Waals surface area contributed by atoms with Crippen LogP contribution in [0.3, 0.4) is 0 Å². The zero-order valence-corrected chi connectivity index (χ0v) is 4.88. The molecule has 0 radical (unpaired) electrons. The van der Waals surface area contributed by atoms with Gasteiger partial charge in [0.15, 0.2) is 0 Å². The summed E-state index contributed by atoms with van der Waals surface area (Å²) in [5.41, 5.74) is 2.31. The molecule has 4 nitrogen and oxygen atoms in total. The summed E-state index contributed by atoms with van der Waals surface area (Å²) in [6, 6.07) is 0. The Morgan fingerprint density at radius 1 is 1.67 bits per heavy atom. The van der Waals surface area contributed by atoms with Gasteiger partial charge in [-0.1, -0.05) is 5.16 Å². The van der Waals surface area contributed by atoms with E-state index in [1.54, 1.807) is 6.33 Å². The lowest BCUT2D eigenvalue weighted by Crippen LogP contribution is -1.67. The molecular formula is C5H5N3O. The molecule has 0 aromatic carbocycles. The second-order valence-electron chi connectivity index (χ2n) is 1.85. The fourth-order valence-corrected chi connectivity index (χ4v) is 0.767. The number of hydrogen-bond donors (Lipinski definition) is 1. The highest BCUT2D eigenvalue weighted by Gasteiger charge is 2.03. The van der Waals surface area contributed by atoms with Crippen molar-refractivity contribution in [1.82, 2.24) is 15.1 Å². The standard InChI is InChI=1S/C5H5N3O/c1-3-4-5(9-8-3)7-2-6-4/h2H,1H3,(H,6,7). The van der Waals surface area contributed by atoms with E-state index in [4.69, 9.17) is 4.52 Å². The van der Waals surface area contributed by atoms with Crippen LogP contribution < -0.4 is 0 Å². The Labute approximate surface area is 50.9 Å². The molecule has 0 aliphatic carbocycles. The lowest BCUT2D eigenvalue weighted by Gasteiger charge is -1.71. The molecule has 0 aliphatic heterocycles. The largest absolute Gasteiger partial charge is 0.340 e. The summed E-state index contributed by atoms with van der Waals surface area (Å²) in [6.45, 7) is 1.87. The van der Waals surface area contributed by atoms with Crippen molar-refractivity contribution in [2.24, 2.45) is 0 Å². The molecule has 0 bridgehead atoms. The minimum absolute atomic E-state index is 0.576. The number of H-pyrrole nitrogens is 1. The van der Waals surface area contributed by atoms with Crippen molar-refractivity contribution in [1.29, 1.82) is 0 Å². The third-order valence-corrected chi connectivity index (χ3v) is 1.24. The van der Waals surface area contributed by atoms with Gasteiger partial charge >= 0.3 is 0 Å². The van der Waals surface area contributed by atoms with E-state index < -0.39 is 0 Å². The summed E-state index contributed by atoms with van der Waals surface area (Å²) in [5.74, 6) is 0. The minimum Gasteiger partial charge on any atom is -0.340 e. The van der Waals surface area contributed by atoms with Gasteiger partial charge in [0.1, 0.15) is 11.2 Å². The van der Waals surface area contributed by atoms with Gasteiger partial charge < -0.3 is 9.51 Å². The van der Waals surface area contributed by atoms with Crippen molar-refractivity contribution in [2.75, 3.05) is 0 Å². The van der Waals surface area contributed by atoms with Gasteiger partial charge in [-0.15, -0.1) is 0 Å². The molecule has 0 amide bonds. The minimum atomic E-state index is 0.576. The fraction of sp³-hybridized carbons (Fsp3) is 0.200. The molecule has 0 atom stereocenters. The molecule has 1 N–H and O–H groups in total. The number of nitrogens with one attached hydrogen (secondary N) is 1. The monoisotopic (exact) mass is 123 g/mol. The molecule has 9 heavy (non-hydrogen) atoms. The van der Waals surface area contributed by atoms with Crippen LogP contribution in [0, 0.1) is 6.92 Å². The first-order valence-corrected chi connectivity index (χ1v) is 2.63. The zero-order chi connectivity index (χ0) is 6.27. The molecule has 0 aliphatic rings. The van der Waals surface area contributed by atoms with Gasteiger partial charge in [0.2, 0.25) is 0 Å². The maximum Gasteiger partial charge on any atom is 0.275 e. The molecule has 0 saturated heterocycles. The van der Waals surface area contributed by atoms with Crippen LogP contribution in [0.1, 0.15) is 5.69 Å². The smallest absolute Gasteiger partial charge is 0.275 e. The first-order valence-electron chi connectivity index (χ1n) is 2.63. The van der Waals surface area contributed by atoms with Gasteiger partial charge in [0.25, 0.3) is 5.71 Å². The van der Waals surface area contributed by atoms with Crippen molar-refractivity contribution in [3.05, 3.63) is 12.0 Å². The van der Waals surface area contributed by atoms with Crippen molar-refractivity contribution in [2.45, 2.75) is 6.92 Å². The van der Waals surface area contributed by atoms with Crippen LogP contribution in [-0.2, 0) is 0 Å². The van der Waals surface area contributed by atoms with E-state index in [2.05, 4.69) is 15.1 Å². The van der Waals surface area contributed by atoms with Gasteiger partial charge in [-0.3, -0.25) is 0 Å². The van der Waals surface area contributed by atoms with Crippen LogP contribution in [0.5, 0.6) is 0 Å². The van der Waals surface area contributed by atoms with Gasteiger partial charge in [0.05, 0.1) is 6.33 Å². The van der Waals surface area contributed by atoms with E-state index in [1.807, 2.05) is 6.92 Å². The van der Waals surface area contributed by atoms with E-state index in [0.29, 0.717) is 5.71 Å². The third-order valence-electron chi connectivity index (χ3n) is 1.24. The van der Waals surface area contributed by atoms with Gasteiger partial charge in [-0.25, -0.2) is 0 Å². The summed E-state index contributed by atoms with van der Waals surface area (Å²) in [5, 5.41) is 3.69. The van der Waals surface area contributed by atoms with E-state index in [0.717, 1.165) is 11.2 Å². The molecule has 0 fully saturated rings. The zero-order valence-electron chi connectivity index (χ0n) is 4.88. The summed E-state index contributed by atoms with van der Waals surface area (Å²) < 4.78 is 4.80. The first kappa shape index (κ1) is 4.55. The number of hydrogen-bond acceptors (Lipinski definition) is 3. The summed E-state index contributed by atoms with van der Waals surface area (Å²) in [4.78, 5) is 6.76. The van der Waals surface area contributed by atoms with Crippen molar-refractivity contribution >= 4 is 11.2 Å². The Hall–Kier alpha value is -1.32. The SMILES string of the molecule is Cc1noc2nc[nH]c12. The van der Waals surface area contributed by atoms with Crippen LogP contribution >= 0.6 is 0 Å². The van der Waals surface area contributed by atoms with Gasteiger partial charge in [-0.2, -0.15) is 4.98 Å². The summed E-state index contributed by atoms with van der Waals surface area (Å²) >= 11 is 0.